The van der Waals surface area contributed by atoms with Crippen LogP contribution >= 0.6 is 0 Å². The molecule has 0 fully saturated rings. The highest BCUT2D eigenvalue weighted by atomic mass is 19.4. The maximum Gasteiger partial charge on any atom is 0.416 e. The van der Waals surface area contributed by atoms with Crippen molar-refractivity contribution in [2.24, 2.45) is 5.92 Å². The van der Waals surface area contributed by atoms with E-state index >= 15 is 0 Å². The number of aryl methyl sites for hydroxylation is 2. The number of amides is 1. The van der Waals surface area contributed by atoms with Gasteiger partial charge in [0.1, 0.15) is 11.7 Å². The van der Waals surface area contributed by atoms with Gasteiger partial charge in [-0.15, -0.1) is 0 Å². The molecule has 3 rings (SSSR count). The van der Waals surface area contributed by atoms with E-state index in [0.717, 1.165) is 29.0 Å². The third-order valence-electron chi connectivity index (χ3n) is 7.76. The summed E-state index contributed by atoms with van der Waals surface area (Å²) in [6.45, 7) is 7.45. The zero-order chi connectivity index (χ0) is 35.2. The molecule has 0 saturated heterocycles. The minimum Gasteiger partial charge on any atom is -0.469 e. The van der Waals surface area contributed by atoms with E-state index in [2.05, 4.69) is 10.3 Å². The Labute approximate surface area is 270 Å². The van der Waals surface area contributed by atoms with E-state index < -0.39 is 59.8 Å². The molecule has 1 aromatic carbocycles. The molecule has 2 atom stereocenters. The number of esters is 1. The van der Waals surface area contributed by atoms with E-state index in [4.69, 9.17) is 4.74 Å². The lowest BCUT2D eigenvalue weighted by Gasteiger charge is -2.26. The van der Waals surface area contributed by atoms with Crippen molar-refractivity contribution >= 4 is 11.9 Å². The van der Waals surface area contributed by atoms with Crippen molar-refractivity contribution in [2.45, 2.75) is 71.6 Å². The molecular weight excluding hydrogens is 623 g/mol. The molecule has 2 heterocycles. The van der Waals surface area contributed by atoms with Crippen molar-refractivity contribution in [3.63, 3.8) is 0 Å². The fourth-order valence-corrected chi connectivity index (χ4v) is 5.46. The van der Waals surface area contributed by atoms with E-state index in [9.17, 15) is 36.3 Å². The summed E-state index contributed by atoms with van der Waals surface area (Å²) >= 11 is 0. The second-order valence-electron chi connectivity index (χ2n) is 12.3. The van der Waals surface area contributed by atoms with Crippen LogP contribution in [0.4, 0.5) is 22.0 Å². The molecule has 0 aliphatic rings. The van der Waals surface area contributed by atoms with Gasteiger partial charge in [-0.25, -0.2) is 13.8 Å². The Morgan fingerprint density at radius 2 is 1.66 bits per heavy atom. The normalized spacial score (nSPS) is 13.3. The second-order valence-corrected chi connectivity index (χ2v) is 12.3. The van der Waals surface area contributed by atoms with E-state index in [0.29, 0.717) is 17.2 Å². The molecule has 0 aliphatic carbocycles. The molecule has 1 unspecified atom stereocenters. The third-order valence-corrected chi connectivity index (χ3v) is 7.76. The molecule has 8 nitrogen and oxygen atoms in total. The zero-order valence-corrected chi connectivity index (χ0v) is 27.5. The molecule has 0 bridgehead atoms. The predicted molar refractivity (Wildman–Crippen MR) is 168 cm³/mol. The molecule has 1 N–H and O–H groups in total. The van der Waals surface area contributed by atoms with Crippen LogP contribution in [0.2, 0.25) is 0 Å². The lowest BCUT2D eigenvalue weighted by molar-refractivity contribution is -0.141. The van der Waals surface area contributed by atoms with Crippen LogP contribution in [0.3, 0.4) is 0 Å². The molecule has 0 saturated carbocycles. The first-order valence-electron chi connectivity index (χ1n) is 15.1. The van der Waals surface area contributed by atoms with E-state index in [1.807, 2.05) is 32.0 Å². The van der Waals surface area contributed by atoms with Gasteiger partial charge in [-0.1, -0.05) is 32.0 Å². The van der Waals surface area contributed by atoms with Crippen LogP contribution in [0.1, 0.15) is 78.8 Å². The van der Waals surface area contributed by atoms with E-state index in [1.165, 1.54) is 12.1 Å². The summed E-state index contributed by atoms with van der Waals surface area (Å²) in [4.78, 5) is 45.5. The van der Waals surface area contributed by atoms with Crippen LogP contribution < -0.4 is 10.9 Å². The SMILES string of the molecule is COC(=O)C[C@H](NC(=O)C(CC(C)C)n1cc(CCN(C)C)c(C(F)(F)F)cc1=O)c1cc(-c2c(C)cccc2C)cc(C(F)F)n1. The highest BCUT2D eigenvalue weighted by Crippen LogP contribution is 2.34. The average molecular weight is 665 g/mol. The second kappa shape index (κ2) is 15.6. The van der Waals surface area contributed by atoms with Gasteiger partial charge in [-0.05, 0) is 86.7 Å². The lowest BCUT2D eigenvalue weighted by atomic mass is 9.94. The van der Waals surface area contributed by atoms with Gasteiger partial charge in [0.15, 0.2) is 0 Å². The van der Waals surface area contributed by atoms with Crippen molar-refractivity contribution in [1.29, 1.82) is 0 Å². The molecule has 0 spiro atoms. The van der Waals surface area contributed by atoms with Crippen LogP contribution in [0.15, 0.2) is 47.4 Å². The van der Waals surface area contributed by atoms with Crippen LogP contribution in [0, 0.1) is 19.8 Å². The summed E-state index contributed by atoms with van der Waals surface area (Å²) in [6, 6.07) is 6.16. The molecule has 47 heavy (non-hydrogen) atoms. The predicted octanol–water partition coefficient (Wildman–Crippen LogP) is 6.60. The lowest BCUT2D eigenvalue weighted by Crippen LogP contribution is -2.41. The molecule has 2 aromatic heterocycles. The fourth-order valence-electron chi connectivity index (χ4n) is 5.46. The first-order chi connectivity index (χ1) is 21.9. The van der Waals surface area contributed by atoms with Crippen molar-refractivity contribution in [3.8, 4) is 11.1 Å². The van der Waals surface area contributed by atoms with Crippen LogP contribution in [0.25, 0.3) is 11.1 Å². The quantitative estimate of drug-likeness (QED) is 0.164. The van der Waals surface area contributed by atoms with Crippen LogP contribution in [-0.2, 0) is 26.9 Å². The van der Waals surface area contributed by atoms with Crippen molar-refractivity contribution in [3.05, 3.63) is 86.6 Å². The first kappa shape index (κ1) is 37.3. The Hall–Kier alpha value is -4.13. The molecular formula is C34H41F5N4O4. The van der Waals surface area contributed by atoms with Gasteiger partial charge in [-0.2, -0.15) is 13.2 Å². The van der Waals surface area contributed by atoms with Gasteiger partial charge >= 0.3 is 12.1 Å². The van der Waals surface area contributed by atoms with E-state index in [1.54, 1.807) is 32.8 Å². The minimum atomic E-state index is -4.80. The monoisotopic (exact) mass is 664 g/mol. The maximum atomic E-state index is 14.1. The standard InChI is InChI=1S/C34H41F5N4O4/c1-19(2)13-28(43-18-22(11-12-42(5)6)24(16-29(43)44)34(37,38)39)33(46)41-26(17-30(45)47-7)25-14-23(15-27(40-25)32(35)36)31-20(3)9-8-10-21(31)4/h8-10,14-16,18-19,26,28,32H,11-13,17H2,1-7H3,(H,41,46)/t26-,28?/m0/s1. The minimum absolute atomic E-state index is 0.0471. The number of ether oxygens (including phenoxy) is 1. The molecule has 0 radical (unpaired) electrons. The number of methoxy groups -OCH3 is 1. The number of nitrogens with zero attached hydrogens (tertiary/aromatic N) is 3. The highest BCUT2D eigenvalue weighted by Gasteiger charge is 2.36. The summed E-state index contributed by atoms with van der Waals surface area (Å²) in [5.74, 6) is -1.77. The number of likely N-dealkylation sites (N-methyl/N-ethyl adjacent to an activating group) is 1. The number of alkyl halides is 5. The van der Waals surface area contributed by atoms with Crippen molar-refractivity contribution < 1.29 is 36.3 Å². The van der Waals surface area contributed by atoms with Crippen molar-refractivity contribution in [1.82, 2.24) is 19.8 Å². The van der Waals surface area contributed by atoms with Gasteiger partial charge in [0.25, 0.3) is 12.0 Å². The van der Waals surface area contributed by atoms with E-state index in [-0.39, 0.29) is 36.6 Å². The Bertz CT molecular complexity index is 1620. The highest BCUT2D eigenvalue weighted by molar-refractivity contribution is 5.82. The third kappa shape index (κ3) is 9.69. The fraction of sp³-hybridized carbons (Fsp3) is 0.471. The summed E-state index contributed by atoms with van der Waals surface area (Å²) in [5, 5.41) is 2.68. The summed E-state index contributed by atoms with van der Waals surface area (Å²) in [7, 11) is 4.52. The Balaban J connectivity index is 2.17. The first-order valence-corrected chi connectivity index (χ1v) is 15.1. The number of carbonyl (C=O) groups excluding carboxylic acids is 2. The van der Waals surface area contributed by atoms with Crippen molar-refractivity contribution in [2.75, 3.05) is 27.7 Å². The molecule has 1 amide bonds. The molecule has 3 aromatic rings. The topological polar surface area (TPSA) is 93.5 Å². The Morgan fingerprint density at radius 3 is 2.19 bits per heavy atom. The van der Waals surface area contributed by atoms with Gasteiger partial charge in [-0.3, -0.25) is 14.4 Å². The number of benzene rings is 1. The number of hydrogen-bond acceptors (Lipinski definition) is 6. The largest absolute Gasteiger partial charge is 0.469 e. The number of carbonyl (C=O) groups is 2. The Kier molecular flexibility index (Phi) is 12.4. The summed E-state index contributed by atoms with van der Waals surface area (Å²) in [6.07, 6.45) is -7.20. The van der Waals surface area contributed by atoms with Crippen LogP contribution in [-0.4, -0.2) is 54.1 Å². The number of aromatic nitrogens is 2. The van der Waals surface area contributed by atoms with Gasteiger partial charge in [0.2, 0.25) is 5.91 Å². The van der Waals surface area contributed by atoms with Crippen LogP contribution in [0.5, 0.6) is 0 Å². The molecule has 0 aliphatic heterocycles. The van der Waals surface area contributed by atoms with Gasteiger partial charge in [0, 0.05) is 18.8 Å². The maximum absolute atomic E-state index is 14.1. The smallest absolute Gasteiger partial charge is 0.416 e. The Morgan fingerprint density at radius 1 is 1.04 bits per heavy atom. The molecule has 13 heteroatoms. The van der Waals surface area contributed by atoms with Gasteiger partial charge in [0.05, 0.1) is 30.8 Å². The summed E-state index contributed by atoms with van der Waals surface area (Å²) < 4.78 is 75.8. The average Bonchev–Trinajstić information content (AvgIpc) is 2.97. The number of halogens is 5. The number of nitrogens with one attached hydrogen (secondary N) is 1. The number of rotatable bonds is 13. The molecule has 256 valence electrons. The number of pyridine rings is 2. The number of hydrogen-bond donors (Lipinski definition) is 1. The summed E-state index contributed by atoms with van der Waals surface area (Å²) in [5.41, 5.74) is -0.219. The zero-order valence-electron chi connectivity index (χ0n) is 27.5. The van der Waals surface area contributed by atoms with Gasteiger partial charge < -0.3 is 19.5 Å².